The molecule has 0 aliphatic rings. The lowest BCUT2D eigenvalue weighted by atomic mass is 10.3. The van der Waals surface area contributed by atoms with Crippen LogP contribution in [0.25, 0.3) is 12.2 Å². The van der Waals surface area contributed by atoms with Crippen molar-refractivity contribution in [2.24, 2.45) is 0 Å². The van der Waals surface area contributed by atoms with Crippen LogP contribution in [-0.4, -0.2) is 0 Å². The van der Waals surface area contributed by atoms with Gasteiger partial charge in [-0.15, -0.1) is 0 Å². The Morgan fingerprint density at radius 3 is 2.79 bits per heavy atom. The molecule has 0 aliphatic heterocycles. The molecular formula is C12H12O2. The molecule has 0 bridgehead atoms. The summed E-state index contributed by atoms with van der Waals surface area (Å²) in [4.78, 5) is 11.0. The minimum Gasteiger partial charge on any atom is -0.423 e. The maximum atomic E-state index is 11.0. The summed E-state index contributed by atoms with van der Waals surface area (Å²) in [5, 5.41) is 0.845. The molecule has 0 N–H and O–H groups in total. The van der Waals surface area contributed by atoms with Gasteiger partial charge in [-0.2, -0.15) is 0 Å². The van der Waals surface area contributed by atoms with E-state index in [1.807, 2.05) is 19.1 Å². The quantitative estimate of drug-likeness (QED) is 0.692. The van der Waals surface area contributed by atoms with Gasteiger partial charge in [-0.05, 0) is 19.1 Å². The minimum atomic E-state index is -0.345. The molecule has 0 aromatic carbocycles. The van der Waals surface area contributed by atoms with Gasteiger partial charge < -0.3 is 4.42 Å². The molecule has 14 heavy (non-hydrogen) atoms. The Morgan fingerprint density at radius 2 is 2.14 bits per heavy atom. The van der Waals surface area contributed by atoms with Gasteiger partial charge in [-0.3, -0.25) is 0 Å². The molecule has 0 saturated carbocycles. The average Bonchev–Trinajstić information content (AvgIpc) is 2.18. The third-order valence-electron chi connectivity index (χ3n) is 1.63. The van der Waals surface area contributed by atoms with Crippen molar-refractivity contribution in [1.29, 1.82) is 0 Å². The van der Waals surface area contributed by atoms with E-state index in [9.17, 15) is 4.79 Å². The van der Waals surface area contributed by atoms with E-state index < -0.39 is 0 Å². The number of hydrogen-bond acceptors (Lipinski definition) is 2. The van der Waals surface area contributed by atoms with Gasteiger partial charge in [0.05, 0.1) is 0 Å². The van der Waals surface area contributed by atoms with Crippen LogP contribution in [0.15, 0.2) is 46.2 Å². The summed E-state index contributed by atoms with van der Waals surface area (Å²) >= 11 is 0. The lowest BCUT2D eigenvalue weighted by molar-refractivity contribution is 0.474. The van der Waals surface area contributed by atoms with Crippen LogP contribution in [0.3, 0.4) is 0 Å². The second kappa shape index (κ2) is 5.02. The molecule has 0 radical (unpaired) electrons. The first kappa shape index (κ1) is 10.3. The molecule has 0 atom stereocenters. The largest absolute Gasteiger partial charge is 0.423 e. The van der Waals surface area contributed by atoms with Crippen molar-refractivity contribution >= 4 is 12.2 Å². The molecular weight excluding hydrogens is 176 g/mol. The zero-order valence-corrected chi connectivity index (χ0v) is 8.07. The van der Waals surface area contributed by atoms with Gasteiger partial charge in [-0.25, -0.2) is 4.79 Å². The van der Waals surface area contributed by atoms with E-state index in [4.69, 9.17) is 4.42 Å². The predicted molar refractivity (Wildman–Crippen MR) is 58.2 cm³/mol. The first-order valence-corrected chi connectivity index (χ1v) is 4.34. The fraction of sp³-hybridized carbons (Fsp3) is 0.0833. The van der Waals surface area contributed by atoms with Crippen molar-refractivity contribution in [3.8, 4) is 0 Å². The SMILES string of the molecule is C=C/C=c1/ccc(=O)o/c1=C/C=C\C. The Bertz CT molecular complexity index is 504. The van der Waals surface area contributed by atoms with E-state index in [1.54, 1.807) is 24.3 Å². The molecule has 2 nitrogen and oxygen atoms in total. The van der Waals surface area contributed by atoms with Crippen LogP contribution in [0.4, 0.5) is 0 Å². The minimum absolute atomic E-state index is 0.345. The molecule has 0 fully saturated rings. The molecule has 0 unspecified atom stereocenters. The molecule has 1 aromatic heterocycles. The van der Waals surface area contributed by atoms with Crippen LogP contribution in [0.2, 0.25) is 0 Å². The van der Waals surface area contributed by atoms with Crippen LogP contribution >= 0.6 is 0 Å². The standard InChI is InChI=1S/C12H12O2/c1-3-5-7-11-10(6-4-2)8-9-12(13)14-11/h3-9H,2H2,1H3/b5-3-,10-6-,11-7+. The van der Waals surface area contributed by atoms with Crippen molar-refractivity contribution in [1.82, 2.24) is 0 Å². The van der Waals surface area contributed by atoms with Crippen LogP contribution in [-0.2, 0) is 0 Å². The van der Waals surface area contributed by atoms with Crippen LogP contribution in [0.5, 0.6) is 0 Å². The molecule has 1 aromatic rings. The summed E-state index contributed by atoms with van der Waals surface area (Å²) in [7, 11) is 0. The summed E-state index contributed by atoms with van der Waals surface area (Å²) in [5.74, 6) is 0. The van der Waals surface area contributed by atoms with Gasteiger partial charge in [0.15, 0.2) is 0 Å². The van der Waals surface area contributed by atoms with Crippen LogP contribution in [0.1, 0.15) is 6.92 Å². The third kappa shape index (κ3) is 2.59. The molecule has 72 valence electrons. The number of hydrogen-bond donors (Lipinski definition) is 0. The van der Waals surface area contributed by atoms with Gasteiger partial charge in [0.2, 0.25) is 0 Å². The lowest BCUT2D eigenvalue weighted by Crippen LogP contribution is -2.27. The molecule has 0 saturated heterocycles. The molecule has 2 heteroatoms. The monoisotopic (exact) mass is 188 g/mol. The first-order chi connectivity index (χ1) is 6.77. The van der Waals surface area contributed by atoms with Gasteiger partial charge in [0, 0.05) is 11.3 Å². The van der Waals surface area contributed by atoms with E-state index in [2.05, 4.69) is 6.58 Å². The molecule has 1 heterocycles. The van der Waals surface area contributed by atoms with Crippen molar-refractivity contribution in [2.45, 2.75) is 6.92 Å². The number of rotatable bonds is 2. The first-order valence-electron chi connectivity index (χ1n) is 4.34. The Hall–Kier alpha value is -1.83. The van der Waals surface area contributed by atoms with Crippen molar-refractivity contribution in [2.75, 3.05) is 0 Å². The maximum absolute atomic E-state index is 11.0. The van der Waals surface area contributed by atoms with Crippen LogP contribution in [0, 0.1) is 0 Å². The van der Waals surface area contributed by atoms with E-state index in [-0.39, 0.29) is 5.63 Å². The zero-order valence-electron chi connectivity index (χ0n) is 8.07. The van der Waals surface area contributed by atoms with Gasteiger partial charge in [-0.1, -0.05) is 30.9 Å². The topological polar surface area (TPSA) is 30.2 Å². The fourth-order valence-corrected chi connectivity index (χ4v) is 1.02. The molecule has 0 amide bonds. The maximum Gasteiger partial charge on any atom is 0.336 e. The highest BCUT2D eigenvalue weighted by atomic mass is 16.4. The normalized spacial score (nSPS) is 13.8. The summed E-state index contributed by atoms with van der Waals surface area (Å²) < 4.78 is 5.02. The fourth-order valence-electron chi connectivity index (χ4n) is 1.02. The van der Waals surface area contributed by atoms with Crippen molar-refractivity contribution < 1.29 is 4.42 Å². The van der Waals surface area contributed by atoms with Crippen molar-refractivity contribution in [3.63, 3.8) is 0 Å². The molecule has 0 spiro atoms. The Morgan fingerprint density at radius 1 is 1.36 bits per heavy atom. The highest BCUT2D eigenvalue weighted by Crippen LogP contribution is 1.72. The summed E-state index contributed by atoms with van der Waals surface area (Å²) in [6, 6.07) is 3.10. The third-order valence-corrected chi connectivity index (χ3v) is 1.63. The summed E-state index contributed by atoms with van der Waals surface area (Å²) in [5.41, 5.74) is 0.206. The second-order valence-corrected chi connectivity index (χ2v) is 2.67. The predicted octanol–water partition coefficient (Wildman–Crippen LogP) is 0.963. The Kier molecular flexibility index (Phi) is 3.68. The summed E-state index contributed by atoms with van der Waals surface area (Å²) in [6.45, 7) is 5.49. The highest BCUT2D eigenvalue weighted by Gasteiger charge is 1.87. The van der Waals surface area contributed by atoms with Crippen LogP contribution < -0.4 is 16.3 Å². The van der Waals surface area contributed by atoms with Crippen molar-refractivity contribution in [3.05, 3.63) is 58.0 Å². The van der Waals surface area contributed by atoms with Gasteiger partial charge in [0.1, 0.15) is 5.42 Å². The average molecular weight is 188 g/mol. The van der Waals surface area contributed by atoms with Gasteiger partial charge >= 0.3 is 5.63 Å². The molecule has 0 aliphatic carbocycles. The lowest BCUT2D eigenvalue weighted by Gasteiger charge is -1.86. The van der Waals surface area contributed by atoms with Gasteiger partial charge in [0.25, 0.3) is 0 Å². The highest BCUT2D eigenvalue weighted by molar-refractivity contribution is 5.39. The van der Waals surface area contributed by atoms with E-state index in [0.717, 1.165) is 5.22 Å². The van der Waals surface area contributed by atoms with E-state index in [1.165, 1.54) is 6.07 Å². The Balaban J connectivity index is 3.53. The summed E-state index contributed by atoms with van der Waals surface area (Å²) in [6.07, 6.45) is 8.88. The second-order valence-electron chi connectivity index (χ2n) is 2.67. The Labute approximate surface area is 82.2 Å². The molecule has 1 rings (SSSR count). The zero-order chi connectivity index (χ0) is 10.4. The van der Waals surface area contributed by atoms with E-state index in [0.29, 0.717) is 5.42 Å². The van der Waals surface area contributed by atoms with E-state index >= 15 is 0 Å². The smallest absolute Gasteiger partial charge is 0.336 e. The number of allylic oxidation sites excluding steroid dienone is 3.